The Kier molecular flexibility index (Phi) is 4.55. The van der Waals surface area contributed by atoms with E-state index in [1.807, 2.05) is 0 Å². The van der Waals surface area contributed by atoms with Crippen LogP contribution in [0.5, 0.6) is 5.75 Å². The van der Waals surface area contributed by atoms with Crippen molar-refractivity contribution in [3.05, 3.63) is 59.4 Å². The van der Waals surface area contributed by atoms with E-state index in [2.05, 4.69) is 28.0 Å². The summed E-state index contributed by atoms with van der Waals surface area (Å²) in [6.07, 6.45) is 2.51. The zero-order valence-corrected chi connectivity index (χ0v) is 15.9. The highest BCUT2D eigenvalue weighted by Gasteiger charge is 2.44. The van der Waals surface area contributed by atoms with Crippen LogP contribution in [-0.4, -0.2) is 49.5 Å². The third-order valence-electron chi connectivity index (χ3n) is 6.41. The molecule has 2 atom stereocenters. The lowest BCUT2D eigenvalue weighted by Gasteiger charge is -2.40. The van der Waals surface area contributed by atoms with E-state index in [1.54, 1.807) is 12.1 Å². The number of ether oxygens (including phenoxy) is 1. The third kappa shape index (κ3) is 3.08. The fraction of sp³-hybridized carbons (Fsp3) is 0.435. The van der Waals surface area contributed by atoms with Crippen LogP contribution < -0.4 is 9.64 Å². The molecule has 1 saturated heterocycles. The van der Waals surface area contributed by atoms with Gasteiger partial charge in [0, 0.05) is 37.0 Å². The Balaban J connectivity index is 1.20. The first-order valence-corrected chi connectivity index (χ1v) is 10.2. The molecule has 3 heterocycles. The van der Waals surface area contributed by atoms with Crippen molar-refractivity contribution in [1.82, 2.24) is 4.90 Å². The smallest absolute Gasteiger partial charge is 0.162 e. The highest BCUT2D eigenvalue weighted by molar-refractivity contribution is 5.95. The maximum atomic E-state index is 13.0. The maximum Gasteiger partial charge on any atom is 0.162 e. The number of carbonyl (C=O) groups is 1. The van der Waals surface area contributed by atoms with Gasteiger partial charge in [-0.05, 0) is 55.3 Å². The maximum absolute atomic E-state index is 13.0. The molecule has 0 spiro atoms. The molecule has 5 rings (SSSR count). The molecule has 0 aromatic heterocycles. The van der Waals surface area contributed by atoms with Gasteiger partial charge in [0.1, 0.15) is 18.2 Å². The highest BCUT2D eigenvalue weighted by atomic mass is 19.1. The second kappa shape index (κ2) is 7.21. The lowest BCUT2D eigenvalue weighted by atomic mass is 9.89. The molecule has 0 N–H and O–H groups in total. The van der Waals surface area contributed by atoms with Crippen LogP contribution in [0.2, 0.25) is 0 Å². The number of benzene rings is 2. The van der Waals surface area contributed by atoms with E-state index in [4.69, 9.17) is 4.74 Å². The summed E-state index contributed by atoms with van der Waals surface area (Å²) in [7, 11) is 0. The molecule has 0 bridgehead atoms. The molecule has 0 radical (unpaired) electrons. The molecule has 3 aliphatic heterocycles. The number of piperidine rings is 1. The van der Waals surface area contributed by atoms with E-state index >= 15 is 0 Å². The molecular weight excluding hydrogens is 355 g/mol. The summed E-state index contributed by atoms with van der Waals surface area (Å²) >= 11 is 0. The summed E-state index contributed by atoms with van der Waals surface area (Å²) in [4.78, 5) is 17.4. The number of nitrogens with zero attached hydrogens (tertiary/aromatic N) is 2. The molecule has 1 fully saturated rings. The highest BCUT2D eigenvalue weighted by Crippen LogP contribution is 2.50. The SMILES string of the molecule is O=C(CCCN1CCC2C(C1)c1cccc3c1N2CCO3)c1ccc(F)cc1. The van der Waals surface area contributed by atoms with Crippen LogP contribution in [0.25, 0.3) is 0 Å². The monoisotopic (exact) mass is 380 g/mol. The summed E-state index contributed by atoms with van der Waals surface area (Å²) in [5.41, 5.74) is 3.35. The summed E-state index contributed by atoms with van der Waals surface area (Å²) in [5.74, 6) is 1.36. The van der Waals surface area contributed by atoms with Gasteiger partial charge in [-0.3, -0.25) is 4.79 Å². The van der Waals surface area contributed by atoms with E-state index < -0.39 is 0 Å². The largest absolute Gasteiger partial charge is 0.490 e. The van der Waals surface area contributed by atoms with Crippen LogP contribution in [0.15, 0.2) is 42.5 Å². The molecular formula is C23H25FN2O2. The number of hydrogen-bond donors (Lipinski definition) is 0. The first-order chi connectivity index (χ1) is 13.7. The number of hydrogen-bond acceptors (Lipinski definition) is 4. The van der Waals surface area contributed by atoms with Crippen LogP contribution in [0.3, 0.4) is 0 Å². The lowest BCUT2D eigenvalue weighted by molar-refractivity contribution is 0.0971. The van der Waals surface area contributed by atoms with E-state index in [0.29, 0.717) is 23.9 Å². The number of anilines is 1. The molecule has 0 aliphatic carbocycles. The van der Waals surface area contributed by atoms with Crippen molar-refractivity contribution in [3.8, 4) is 5.75 Å². The van der Waals surface area contributed by atoms with Crippen molar-refractivity contribution in [2.75, 3.05) is 37.7 Å². The van der Waals surface area contributed by atoms with Crippen molar-refractivity contribution in [2.45, 2.75) is 31.2 Å². The number of Topliss-reactive ketones (excluding diaryl/α,β-unsaturated/α-hetero) is 1. The second-order valence-corrected chi connectivity index (χ2v) is 8.03. The predicted molar refractivity (Wildman–Crippen MR) is 107 cm³/mol. The summed E-state index contributed by atoms with van der Waals surface area (Å²) in [5, 5.41) is 0. The first-order valence-electron chi connectivity index (χ1n) is 10.2. The topological polar surface area (TPSA) is 32.8 Å². The quantitative estimate of drug-likeness (QED) is 0.738. The predicted octanol–water partition coefficient (Wildman–Crippen LogP) is 3.86. The van der Waals surface area contributed by atoms with Gasteiger partial charge in [-0.2, -0.15) is 0 Å². The number of likely N-dealkylation sites (tertiary alicyclic amines) is 1. The summed E-state index contributed by atoms with van der Waals surface area (Å²) in [6.45, 7) is 4.81. The van der Waals surface area contributed by atoms with E-state index in [-0.39, 0.29) is 11.6 Å². The number of halogens is 1. The van der Waals surface area contributed by atoms with Crippen molar-refractivity contribution in [2.24, 2.45) is 0 Å². The molecule has 0 saturated carbocycles. The van der Waals surface area contributed by atoms with Gasteiger partial charge in [-0.15, -0.1) is 0 Å². The molecule has 2 unspecified atom stereocenters. The number of ketones is 1. The molecule has 28 heavy (non-hydrogen) atoms. The zero-order chi connectivity index (χ0) is 19.1. The second-order valence-electron chi connectivity index (χ2n) is 8.03. The average molecular weight is 380 g/mol. The minimum absolute atomic E-state index is 0.0972. The Hall–Kier alpha value is -2.40. The summed E-state index contributed by atoms with van der Waals surface area (Å²) < 4.78 is 18.9. The Morgan fingerprint density at radius 1 is 1.14 bits per heavy atom. The standard InChI is InChI=1S/C23H25FN2O2/c24-17-8-6-16(7-9-17)21(27)4-2-11-25-12-10-20-19(15-25)18-3-1-5-22-23(18)26(20)13-14-28-22/h1,3,5-9,19-20H,2,4,10-15H2. The molecule has 2 aromatic carbocycles. The van der Waals surface area contributed by atoms with Crippen molar-refractivity contribution < 1.29 is 13.9 Å². The Morgan fingerprint density at radius 3 is 2.86 bits per heavy atom. The van der Waals surface area contributed by atoms with Crippen molar-refractivity contribution >= 4 is 11.5 Å². The van der Waals surface area contributed by atoms with E-state index in [1.165, 1.54) is 23.4 Å². The fourth-order valence-corrected chi connectivity index (χ4v) is 5.09. The van der Waals surface area contributed by atoms with Gasteiger partial charge in [0.25, 0.3) is 0 Å². The average Bonchev–Trinajstić information content (AvgIpc) is 3.04. The van der Waals surface area contributed by atoms with Crippen molar-refractivity contribution in [1.29, 1.82) is 0 Å². The number of fused-ring (bicyclic) bond motifs is 3. The molecule has 3 aliphatic rings. The molecule has 2 aromatic rings. The van der Waals surface area contributed by atoms with Crippen LogP contribution in [0, 0.1) is 5.82 Å². The molecule has 5 heteroatoms. The van der Waals surface area contributed by atoms with Crippen LogP contribution >= 0.6 is 0 Å². The summed E-state index contributed by atoms with van der Waals surface area (Å²) in [6, 6.07) is 12.9. The Labute approximate surface area is 164 Å². The van der Waals surface area contributed by atoms with Gasteiger partial charge in [-0.1, -0.05) is 12.1 Å². The number of rotatable bonds is 5. The van der Waals surface area contributed by atoms with E-state index in [9.17, 15) is 9.18 Å². The third-order valence-corrected chi connectivity index (χ3v) is 6.41. The minimum atomic E-state index is -0.303. The normalized spacial score (nSPS) is 23.1. The van der Waals surface area contributed by atoms with Gasteiger partial charge in [0.15, 0.2) is 5.78 Å². The van der Waals surface area contributed by atoms with Gasteiger partial charge >= 0.3 is 0 Å². The van der Waals surface area contributed by atoms with Gasteiger partial charge < -0.3 is 14.5 Å². The molecule has 0 amide bonds. The Morgan fingerprint density at radius 2 is 2.00 bits per heavy atom. The zero-order valence-electron chi connectivity index (χ0n) is 15.9. The van der Waals surface area contributed by atoms with Gasteiger partial charge in [0.2, 0.25) is 0 Å². The minimum Gasteiger partial charge on any atom is -0.490 e. The number of para-hydroxylation sites is 1. The Bertz CT molecular complexity index is 883. The van der Waals surface area contributed by atoms with Crippen molar-refractivity contribution in [3.63, 3.8) is 0 Å². The van der Waals surface area contributed by atoms with Crippen LogP contribution in [0.4, 0.5) is 10.1 Å². The molecule has 146 valence electrons. The van der Waals surface area contributed by atoms with Gasteiger partial charge in [0.05, 0.1) is 12.2 Å². The van der Waals surface area contributed by atoms with E-state index in [0.717, 1.165) is 51.4 Å². The fourth-order valence-electron chi connectivity index (χ4n) is 5.09. The number of carbonyl (C=O) groups excluding carboxylic acids is 1. The lowest BCUT2D eigenvalue weighted by Crippen LogP contribution is -2.48. The molecule has 4 nitrogen and oxygen atoms in total. The van der Waals surface area contributed by atoms with Crippen LogP contribution in [0.1, 0.15) is 41.1 Å². The first kappa shape index (κ1) is 17.7. The van der Waals surface area contributed by atoms with Gasteiger partial charge in [-0.25, -0.2) is 4.39 Å². The van der Waals surface area contributed by atoms with Crippen LogP contribution in [-0.2, 0) is 0 Å².